The molecule has 0 fully saturated rings. The molecule has 8 heteroatoms. The van der Waals surface area contributed by atoms with Crippen LogP contribution in [0.15, 0.2) is 59.7 Å². The van der Waals surface area contributed by atoms with Crippen molar-refractivity contribution in [2.24, 2.45) is 0 Å². The Labute approximate surface area is 170 Å². The number of hydrogen-bond donors (Lipinski definition) is 1. The number of nitrogens with zero attached hydrogens (tertiary/aromatic N) is 3. The minimum absolute atomic E-state index is 0.240. The average Bonchev–Trinajstić information content (AvgIpc) is 3.07. The van der Waals surface area contributed by atoms with Crippen molar-refractivity contribution in [3.8, 4) is 11.6 Å². The van der Waals surface area contributed by atoms with Crippen LogP contribution in [0.1, 0.15) is 16.7 Å². The number of benzene rings is 1. The molecule has 0 atom stereocenters. The molecule has 0 aliphatic rings. The lowest BCUT2D eigenvalue weighted by atomic mass is 10.1. The maximum atomic E-state index is 12.4. The molecule has 0 saturated heterocycles. The van der Waals surface area contributed by atoms with Gasteiger partial charge in [-0.1, -0.05) is 18.2 Å². The van der Waals surface area contributed by atoms with Crippen LogP contribution < -0.4 is 15.6 Å². The van der Waals surface area contributed by atoms with Gasteiger partial charge < -0.3 is 10.1 Å². The van der Waals surface area contributed by atoms with E-state index in [2.05, 4.69) is 15.3 Å². The maximum absolute atomic E-state index is 12.4. The zero-order valence-corrected chi connectivity index (χ0v) is 16.7. The van der Waals surface area contributed by atoms with Crippen LogP contribution in [0.5, 0.6) is 11.6 Å². The molecule has 146 valence electrons. The van der Waals surface area contributed by atoms with Crippen LogP contribution in [-0.4, -0.2) is 20.0 Å². The molecule has 3 aromatic heterocycles. The Balaban J connectivity index is 1.42. The Morgan fingerprint density at radius 1 is 1.17 bits per heavy atom. The third kappa shape index (κ3) is 4.02. The van der Waals surface area contributed by atoms with Gasteiger partial charge in [-0.05, 0) is 60.3 Å². The van der Waals surface area contributed by atoms with Gasteiger partial charge in [-0.2, -0.15) is 3.96 Å². The van der Waals surface area contributed by atoms with Crippen molar-refractivity contribution in [2.75, 3.05) is 0 Å². The summed E-state index contributed by atoms with van der Waals surface area (Å²) in [5, 5.41) is 3.16. The summed E-state index contributed by atoms with van der Waals surface area (Å²) < 4.78 is 6.91. The molecule has 7 nitrogen and oxygen atoms in total. The highest BCUT2D eigenvalue weighted by atomic mass is 32.1. The van der Waals surface area contributed by atoms with E-state index in [9.17, 15) is 9.59 Å². The van der Waals surface area contributed by atoms with Gasteiger partial charge in [0, 0.05) is 25.0 Å². The molecular formula is C21H18N4O3S. The lowest BCUT2D eigenvalue weighted by molar-refractivity contribution is 0.243. The van der Waals surface area contributed by atoms with Crippen LogP contribution >= 0.6 is 11.5 Å². The van der Waals surface area contributed by atoms with Gasteiger partial charge in [-0.3, -0.25) is 4.79 Å². The smallest absolute Gasteiger partial charge is 0.338 e. The van der Waals surface area contributed by atoms with E-state index < -0.39 is 6.03 Å². The lowest BCUT2D eigenvalue weighted by Gasteiger charge is -2.09. The molecular weight excluding hydrogens is 388 g/mol. The predicted molar refractivity (Wildman–Crippen MR) is 112 cm³/mol. The molecule has 4 rings (SSSR count). The molecule has 1 aromatic carbocycles. The Morgan fingerprint density at radius 2 is 2.03 bits per heavy atom. The predicted octanol–water partition coefficient (Wildman–Crippen LogP) is 4.02. The van der Waals surface area contributed by atoms with Gasteiger partial charge in [-0.15, -0.1) is 0 Å². The van der Waals surface area contributed by atoms with E-state index in [0.29, 0.717) is 16.1 Å². The second-order valence-electron chi connectivity index (χ2n) is 6.58. The third-order valence-electron chi connectivity index (χ3n) is 4.35. The van der Waals surface area contributed by atoms with E-state index in [-0.39, 0.29) is 12.1 Å². The number of carbonyl (C=O) groups excluding carboxylic acids is 1. The summed E-state index contributed by atoms with van der Waals surface area (Å²) in [6, 6.07) is 12.4. The fourth-order valence-corrected chi connectivity index (χ4v) is 3.62. The summed E-state index contributed by atoms with van der Waals surface area (Å²) in [5.41, 5.74) is 2.55. The topological polar surface area (TPSA) is 86.1 Å². The monoisotopic (exact) mass is 406 g/mol. The van der Waals surface area contributed by atoms with E-state index >= 15 is 0 Å². The van der Waals surface area contributed by atoms with Gasteiger partial charge in [-0.25, -0.2) is 14.8 Å². The Bertz CT molecular complexity index is 1250. The summed E-state index contributed by atoms with van der Waals surface area (Å²) in [7, 11) is 0. The first kappa shape index (κ1) is 18.8. The second kappa shape index (κ2) is 7.84. The molecule has 0 bridgehead atoms. The summed E-state index contributed by atoms with van der Waals surface area (Å²) >= 11 is 1.02. The van der Waals surface area contributed by atoms with Crippen LogP contribution in [0.4, 0.5) is 4.79 Å². The zero-order chi connectivity index (χ0) is 20.4. The molecule has 0 radical (unpaired) electrons. The van der Waals surface area contributed by atoms with Crippen molar-refractivity contribution in [1.82, 2.24) is 19.2 Å². The number of carbonyl (C=O) groups is 1. The van der Waals surface area contributed by atoms with Crippen molar-refractivity contribution in [3.63, 3.8) is 0 Å². The standard InChI is InChI=1S/C21H18N4O3S/c1-13-5-6-14(2)17(10-13)28-18-8-7-15(11-23-18)12-24-21(27)25-20(26)16-4-3-9-22-19(16)29-25/h3-11H,12H2,1-2H3,(H,24,27). The van der Waals surface area contributed by atoms with Gasteiger partial charge in [0.05, 0.1) is 5.39 Å². The molecule has 0 unspecified atom stereocenters. The number of amides is 1. The number of ether oxygens (including phenoxy) is 1. The van der Waals surface area contributed by atoms with Crippen LogP contribution in [0.2, 0.25) is 0 Å². The van der Waals surface area contributed by atoms with E-state index in [1.54, 1.807) is 30.6 Å². The highest BCUT2D eigenvalue weighted by Crippen LogP contribution is 2.24. The van der Waals surface area contributed by atoms with E-state index in [1.807, 2.05) is 38.1 Å². The Morgan fingerprint density at radius 3 is 2.79 bits per heavy atom. The fourth-order valence-electron chi connectivity index (χ4n) is 2.75. The number of aryl methyl sites for hydroxylation is 2. The molecule has 0 spiro atoms. The van der Waals surface area contributed by atoms with Gasteiger partial charge in [0.15, 0.2) is 0 Å². The fraction of sp³-hybridized carbons (Fsp3) is 0.143. The first-order valence-electron chi connectivity index (χ1n) is 8.96. The summed E-state index contributed by atoms with van der Waals surface area (Å²) in [4.78, 5) is 33.6. The largest absolute Gasteiger partial charge is 0.439 e. The third-order valence-corrected chi connectivity index (χ3v) is 5.36. The highest BCUT2D eigenvalue weighted by molar-refractivity contribution is 7.14. The van der Waals surface area contributed by atoms with E-state index in [0.717, 1.165) is 37.9 Å². The maximum Gasteiger partial charge on any atom is 0.338 e. The van der Waals surface area contributed by atoms with Crippen LogP contribution in [0.25, 0.3) is 10.2 Å². The summed E-state index contributed by atoms with van der Waals surface area (Å²) in [6.07, 6.45) is 3.23. The Hall–Kier alpha value is -3.52. The molecule has 1 N–H and O–H groups in total. The van der Waals surface area contributed by atoms with Crippen molar-refractivity contribution in [2.45, 2.75) is 20.4 Å². The average molecular weight is 406 g/mol. The molecule has 0 aliphatic carbocycles. The second-order valence-corrected chi connectivity index (χ2v) is 7.52. The lowest BCUT2D eigenvalue weighted by Crippen LogP contribution is -2.32. The zero-order valence-electron chi connectivity index (χ0n) is 15.9. The van der Waals surface area contributed by atoms with E-state index in [4.69, 9.17) is 4.74 Å². The van der Waals surface area contributed by atoms with Crippen LogP contribution in [-0.2, 0) is 6.54 Å². The Kier molecular flexibility index (Phi) is 5.09. The highest BCUT2D eigenvalue weighted by Gasteiger charge is 2.14. The van der Waals surface area contributed by atoms with Crippen molar-refractivity contribution < 1.29 is 9.53 Å². The van der Waals surface area contributed by atoms with Gasteiger partial charge in [0.1, 0.15) is 10.6 Å². The normalized spacial score (nSPS) is 10.8. The summed E-state index contributed by atoms with van der Waals surface area (Å²) in [6.45, 7) is 4.22. The van der Waals surface area contributed by atoms with Crippen LogP contribution in [0, 0.1) is 13.8 Å². The number of rotatable bonds is 4. The molecule has 4 aromatic rings. The molecule has 29 heavy (non-hydrogen) atoms. The first-order valence-corrected chi connectivity index (χ1v) is 9.74. The van der Waals surface area contributed by atoms with Gasteiger partial charge in [0.2, 0.25) is 5.88 Å². The van der Waals surface area contributed by atoms with Gasteiger partial charge >= 0.3 is 6.03 Å². The minimum atomic E-state index is -0.492. The number of fused-ring (bicyclic) bond motifs is 1. The van der Waals surface area contributed by atoms with Crippen molar-refractivity contribution in [1.29, 1.82) is 0 Å². The van der Waals surface area contributed by atoms with Gasteiger partial charge in [0.25, 0.3) is 5.56 Å². The quantitative estimate of drug-likeness (QED) is 0.553. The molecule has 3 heterocycles. The minimum Gasteiger partial charge on any atom is -0.439 e. The molecule has 0 aliphatic heterocycles. The first-order chi connectivity index (χ1) is 14.0. The van der Waals surface area contributed by atoms with E-state index in [1.165, 1.54) is 0 Å². The SMILES string of the molecule is Cc1ccc(C)c(Oc2ccc(CNC(=O)n3sc4ncccc4c3=O)cn2)c1. The molecule has 1 amide bonds. The van der Waals surface area contributed by atoms with Crippen LogP contribution in [0.3, 0.4) is 0 Å². The molecule has 0 saturated carbocycles. The van der Waals surface area contributed by atoms with Crippen molar-refractivity contribution in [3.05, 3.63) is 81.9 Å². The number of hydrogen-bond acceptors (Lipinski definition) is 6. The number of aromatic nitrogens is 3. The number of pyridine rings is 2. The summed E-state index contributed by atoms with van der Waals surface area (Å²) in [5.74, 6) is 1.23. The van der Waals surface area contributed by atoms with Crippen molar-refractivity contribution >= 4 is 27.8 Å². The number of nitrogens with one attached hydrogen (secondary N) is 1.